The number of benzene rings is 2. The van der Waals surface area contributed by atoms with Gasteiger partial charge in [-0.1, -0.05) is 31.0 Å². The second-order valence-corrected chi connectivity index (χ2v) is 10.3. The van der Waals surface area contributed by atoms with Crippen LogP contribution < -0.4 is 15.0 Å². The fraction of sp³-hybridized carbons (Fsp3) is 0.500. The lowest BCUT2D eigenvalue weighted by Gasteiger charge is -2.45. The van der Waals surface area contributed by atoms with Crippen molar-refractivity contribution >= 4 is 17.6 Å². The number of rotatable bonds is 6. The van der Waals surface area contributed by atoms with Gasteiger partial charge in [0.25, 0.3) is 0 Å². The van der Waals surface area contributed by atoms with Crippen LogP contribution >= 0.6 is 0 Å². The van der Waals surface area contributed by atoms with Crippen LogP contribution in [0.2, 0.25) is 0 Å². The lowest BCUT2D eigenvalue weighted by molar-refractivity contribution is 0.181. The van der Waals surface area contributed by atoms with Crippen molar-refractivity contribution in [2.75, 3.05) is 18.0 Å². The zero-order valence-corrected chi connectivity index (χ0v) is 20.7. The predicted octanol–water partition coefficient (Wildman–Crippen LogP) is 5.52. The third-order valence-corrected chi connectivity index (χ3v) is 7.39. The zero-order valence-electron chi connectivity index (χ0n) is 20.7. The van der Waals surface area contributed by atoms with Gasteiger partial charge in [-0.25, -0.2) is 9.18 Å². The molecule has 0 aromatic heterocycles. The number of ether oxygens (including phenoxy) is 1. The van der Waals surface area contributed by atoms with E-state index in [1.807, 2.05) is 32.0 Å². The molecule has 2 amide bonds. The summed E-state index contributed by atoms with van der Waals surface area (Å²) < 4.78 is 20.0. The van der Waals surface area contributed by atoms with Crippen molar-refractivity contribution in [1.82, 2.24) is 10.2 Å². The Morgan fingerprint density at radius 2 is 1.86 bits per heavy atom. The Balaban J connectivity index is 1.35. The van der Waals surface area contributed by atoms with Gasteiger partial charge in [0.05, 0.1) is 6.10 Å². The molecule has 1 aliphatic carbocycles. The minimum Gasteiger partial charge on any atom is -0.491 e. The molecular formula is C28H35FN4O2. The van der Waals surface area contributed by atoms with E-state index in [0.717, 1.165) is 56.9 Å². The number of hydrogen-bond donors (Lipinski definition) is 1. The van der Waals surface area contributed by atoms with Gasteiger partial charge in [0.2, 0.25) is 0 Å². The third kappa shape index (κ3) is 5.06. The lowest BCUT2D eigenvalue weighted by atomic mass is 9.84. The first kappa shape index (κ1) is 23.8. The van der Waals surface area contributed by atoms with Crippen molar-refractivity contribution < 1.29 is 13.9 Å². The van der Waals surface area contributed by atoms with Gasteiger partial charge in [-0.05, 0) is 75.4 Å². The summed E-state index contributed by atoms with van der Waals surface area (Å²) in [6.45, 7) is 6.52. The molecule has 7 heteroatoms. The van der Waals surface area contributed by atoms with Gasteiger partial charge in [0.1, 0.15) is 22.9 Å². The molecule has 3 aliphatic rings. The maximum absolute atomic E-state index is 14.1. The lowest BCUT2D eigenvalue weighted by Crippen LogP contribution is -2.61. The van der Waals surface area contributed by atoms with E-state index in [1.54, 1.807) is 11.0 Å². The van der Waals surface area contributed by atoms with Gasteiger partial charge in [0, 0.05) is 31.4 Å². The van der Waals surface area contributed by atoms with Crippen molar-refractivity contribution in [2.24, 2.45) is 4.99 Å². The number of piperidine rings is 1. The third-order valence-electron chi connectivity index (χ3n) is 7.39. The molecule has 2 aromatic rings. The minimum atomic E-state index is -0.563. The normalized spacial score (nSPS) is 20.6. The Morgan fingerprint density at radius 1 is 1.11 bits per heavy atom. The number of amides is 2. The maximum atomic E-state index is 14.1. The molecule has 5 rings (SSSR count). The summed E-state index contributed by atoms with van der Waals surface area (Å²) in [5, 5.41) is 3.63. The highest BCUT2D eigenvalue weighted by molar-refractivity contribution is 6.16. The van der Waals surface area contributed by atoms with Gasteiger partial charge in [0.15, 0.2) is 0 Å². The van der Waals surface area contributed by atoms with Crippen LogP contribution in [0.1, 0.15) is 57.9 Å². The molecule has 0 radical (unpaired) electrons. The highest BCUT2D eigenvalue weighted by Crippen LogP contribution is 2.39. The van der Waals surface area contributed by atoms with Crippen LogP contribution in [-0.2, 0) is 6.54 Å². The largest absolute Gasteiger partial charge is 0.491 e. The highest BCUT2D eigenvalue weighted by atomic mass is 19.1. The Hall–Kier alpha value is -2.93. The average molecular weight is 479 g/mol. The molecule has 2 fully saturated rings. The second-order valence-electron chi connectivity index (χ2n) is 10.3. The Labute approximate surface area is 207 Å². The summed E-state index contributed by atoms with van der Waals surface area (Å²) in [5.74, 6) is 1.31. The molecule has 2 heterocycles. The summed E-state index contributed by atoms with van der Waals surface area (Å²) in [7, 11) is 0. The molecule has 1 saturated carbocycles. The predicted molar refractivity (Wildman–Crippen MR) is 137 cm³/mol. The van der Waals surface area contributed by atoms with Gasteiger partial charge < -0.3 is 10.1 Å². The molecule has 6 nitrogen and oxygen atoms in total. The fourth-order valence-corrected chi connectivity index (χ4v) is 5.73. The van der Waals surface area contributed by atoms with E-state index < -0.39 is 5.54 Å². The topological polar surface area (TPSA) is 57.2 Å². The van der Waals surface area contributed by atoms with Gasteiger partial charge in [-0.15, -0.1) is 0 Å². The Kier molecular flexibility index (Phi) is 6.78. The van der Waals surface area contributed by atoms with E-state index in [2.05, 4.69) is 27.3 Å². The Bertz CT molecular complexity index is 1090. The van der Waals surface area contributed by atoms with Crippen molar-refractivity contribution in [3.8, 4) is 5.75 Å². The fourth-order valence-electron chi connectivity index (χ4n) is 5.73. The van der Waals surface area contributed by atoms with Crippen molar-refractivity contribution in [3.05, 3.63) is 59.9 Å². The van der Waals surface area contributed by atoms with Crippen molar-refractivity contribution in [2.45, 2.75) is 76.6 Å². The molecule has 0 unspecified atom stereocenters. The summed E-state index contributed by atoms with van der Waals surface area (Å²) in [5.41, 5.74) is 1.22. The number of carbonyl (C=O) groups excluding carboxylic acids is 1. The van der Waals surface area contributed by atoms with E-state index in [1.165, 1.54) is 30.5 Å². The number of carbonyl (C=O) groups is 1. The molecule has 35 heavy (non-hydrogen) atoms. The Morgan fingerprint density at radius 3 is 2.57 bits per heavy atom. The van der Waals surface area contributed by atoms with Crippen LogP contribution in [0, 0.1) is 5.82 Å². The monoisotopic (exact) mass is 478 g/mol. The van der Waals surface area contributed by atoms with Gasteiger partial charge in [-0.2, -0.15) is 4.99 Å². The number of likely N-dealkylation sites (tertiary alicyclic amines) is 1. The number of anilines is 1. The van der Waals surface area contributed by atoms with Crippen LogP contribution in [-0.4, -0.2) is 47.5 Å². The van der Waals surface area contributed by atoms with E-state index in [-0.39, 0.29) is 18.0 Å². The molecule has 0 bridgehead atoms. The van der Waals surface area contributed by atoms with Crippen molar-refractivity contribution in [3.63, 3.8) is 0 Å². The summed E-state index contributed by atoms with van der Waals surface area (Å²) >= 11 is 0. The van der Waals surface area contributed by atoms with Crippen LogP contribution in [0.3, 0.4) is 0 Å². The summed E-state index contributed by atoms with van der Waals surface area (Å²) in [4.78, 5) is 21.8. The number of amidine groups is 1. The number of halogens is 1. The van der Waals surface area contributed by atoms with Crippen LogP contribution in [0.4, 0.5) is 14.9 Å². The summed E-state index contributed by atoms with van der Waals surface area (Å²) in [6.07, 6.45) is 6.24. The standard InChI is InChI=1S/C28H35FN4O2/c1-20(2)35-25-12-5-7-21(17-25)19-32-15-13-28(14-16-32)26(30-23-9-3-4-10-23)31-27(34)33(28)24-11-6-8-22(29)18-24/h5-8,11-12,17-18,20,23H,3-4,9-10,13-16,19H2,1-2H3,(H,30,31,34). The number of hydrogen-bond acceptors (Lipinski definition) is 4. The molecule has 186 valence electrons. The average Bonchev–Trinajstić information content (AvgIpc) is 3.42. The van der Waals surface area contributed by atoms with E-state index in [0.29, 0.717) is 11.7 Å². The zero-order chi connectivity index (χ0) is 24.4. The smallest absolute Gasteiger partial charge is 0.350 e. The molecule has 0 atom stereocenters. The van der Waals surface area contributed by atoms with E-state index in [9.17, 15) is 9.18 Å². The van der Waals surface area contributed by atoms with Gasteiger partial charge in [-0.3, -0.25) is 9.80 Å². The quantitative estimate of drug-likeness (QED) is 0.594. The minimum absolute atomic E-state index is 0.138. The molecular weight excluding hydrogens is 443 g/mol. The van der Waals surface area contributed by atoms with E-state index >= 15 is 0 Å². The molecule has 1 spiro atoms. The first-order chi connectivity index (χ1) is 16.9. The van der Waals surface area contributed by atoms with Crippen LogP contribution in [0.25, 0.3) is 0 Å². The van der Waals surface area contributed by atoms with Gasteiger partial charge >= 0.3 is 6.03 Å². The number of aliphatic imine (C=N–C) groups is 1. The molecule has 2 aromatic carbocycles. The highest BCUT2D eigenvalue weighted by Gasteiger charge is 2.52. The molecule has 2 aliphatic heterocycles. The molecule has 1 N–H and O–H groups in total. The maximum Gasteiger partial charge on any atom is 0.350 e. The summed E-state index contributed by atoms with van der Waals surface area (Å²) in [6, 6.07) is 14.6. The van der Waals surface area contributed by atoms with Crippen molar-refractivity contribution in [1.29, 1.82) is 0 Å². The first-order valence-electron chi connectivity index (χ1n) is 12.9. The number of nitrogens with one attached hydrogen (secondary N) is 1. The first-order valence-corrected chi connectivity index (χ1v) is 12.9. The second kappa shape index (κ2) is 9.97. The molecule has 1 saturated heterocycles. The number of urea groups is 1. The number of nitrogens with zero attached hydrogens (tertiary/aromatic N) is 3. The van der Waals surface area contributed by atoms with Crippen LogP contribution in [0.5, 0.6) is 5.75 Å². The van der Waals surface area contributed by atoms with E-state index in [4.69, 9.17) is 4.74 Å². The SMILES string of the molecule is CC(C)Oc1cccc(CN2CCC3(CC2)C(NC2CCCC2)=NC(=O)N3c2cccc(F)c2)c1. The van der Waals surface area contributed by atoms with Crippen LogP contribution in [0.15, 0.2) is 53.5 Å².